The molecule has 0 amide bonds. The normalized spacial score (nSPS) is 36.1. The van der Waals surface area contributed by atoms with Gasteiger partial charge in [-0.2, -0.15) is 0 Å². The average Bonchev–Trinajstić information content (AvgIpc) is 2.64. The summed E-state index contributed by atoms with van der Waals surface area (Å²) in [6, 6.07) is -0.249. The fourth-order valence-electron chi connectivity index (χ4n) is 2.29. The van der Waals surface area contributed by atoms with Crippen LogP contribution in [0.3, 0.4) is 0 Å². The number of hydrogen-bond donors (Lipinski definition) is 1. The monoisotopic (exact) mass is 242 g/mol. The van der Waals surface area contributed by atoms with Crippen molar-refractivity contribution in [3.8, 4) is 0 Å². The smallest absolute Gasteiger partial charge is 0.316 e. The third-order valence-electron chi connectivity index (χ3n) is 3.92. The number of carbonyl (C=O) groups excluding carboxylic acids is 1. The maximum Gasteiger partial charge on any atom is 0.316 e. The van der Waals surface area contributed by atoms with E-state index in [0.29, 0.717) is 13.2 Å². The molecule has 0 aromatic rings. The van der Waals surface area contributed by atoms with E-state index in [1.165, 1.54) is 0 Å². The maximum absolute atomic E-state index is 12.1. The molecule has 17 heavy (non-hydrogen) atoms. The third kappa shape index (κ3) is 2.61. The van der Waals surface area contributed by atoms with Crippen LogP contribution in [0.25, 0.3) is 0 Å². The molecule has 0 radical (unpaired) electrons. The van der Waals surface area contributed by atoms with Gasteiger partial charge in [0.05, 0.1) is 13.2 Å². The van der Waals surface area contributed by atoms with Crippen molar-refractivity contribution < 1.29 is 14.3 Å². The molecule has 2 rings (SSSR count). The summed E-state index contributed by atoms with van der Waals surface area (Å²) in [7, 11) is 2.08. The van der Waals surface area contributed by atoms with Gasteiger partial charge in [0, 0.05) is 19.1 Å². The molecule has 2 heterocycles. The fourth-order valence-corrected chi connectivity index (χ4v) is 2.29. The van der Waals surface area contributed by atoms with E-state index in [0.717, 1.165) is 25.9 Å². The molecule has 5 heteroatoms. The second-order valence-corrected chi connectivity index (χ2v) is 5.45. The molecule has 2 saturated heterocycles. The van der Waals surface area contributed by atoms with E-state index in [2.05, 4.69) is 11.9 Å². The minimum absolute atomic E-state index is 0.0447. The minimum atomic E-state index is -0.663. The molecule has 0 aliphatic carbocycles. The first-order valence-corrected chi connectivity index (χ1v) is 6.25. The lowest BCUT2D eigenvalue weighted by Crippen LogP contribution is -2.47. The third-order valence-corrected chi connectivity index (χ3v) is 3.92. The van der Waals surface area contributed by atoms with Crippen LogP contribution < -0.4 is 5.73 Å². The highest BCUT2D eigenvalue weighted by atomic mass is 16.6. The van der Waals surface area contributed by atoms with Crippen molar-refractivity contribution in [2.75, 3.05) is 33.4 Å². The van der Waals surface area contributed by atoms with Gasteiger partial charge in [0.25, 0.3) is 0 Å². The maximum atomic E-state index is 12.1. The molecule has 0 bridgehead atoms. The minimum Gasteiger partial charge on any atom is -0.462 e. The van der Waals surface area contributed by atoms with E-state index in [-0.39, 0.29) is 18.1 Å². The molecule has 2 fully saturated rings. The number of nitrogens with zero attached hydrogens (tertiary/aromatic N) is 1. The van der Waals surface area contributed by atoms with Crippen molar-refractivity contribution in [3.63, 3.8) is 0 Å². The molecule has 0 spiro atoms. The van der Waals surface area contributed by atoms with Crippen LogP contribution in [0.15, 0.2) is 0 Å². The van der Waals surface area contributed by atoms with E-state index in [1.807, 2.05) is 6.92 Å². The Labute approximate surface area is 102 Å². The first kappa shape index (κ1) is 12.8. The van der Waals surface area contributed by atoms with Crippen molar-refractivity contribution in [2.45, 2.75) is 31.9 Å². The quantitative estimate of drug-likeness (QED) is 0.690. The van der Waals surface area contributed by atoms with Crippen molar-refractivity contribution in [1.29, 1.82) is 0 Å². The summed E-state index contributed by atoms with van der Waals surface area (Å²) in [4.78, 5) is 14.4. The standard InChI is InChI=1S/C12H22N2O3/c1-12(8-16-7-10(12)13)11(15)17-9-3-5-14(2)6-4-9/h9-10H,3-8,13H2,1-2H3. The molecular formula is C12H22N2O3. The van der Waals surface area contributed by atoms with Gasteiger partial charge in [-0.15, -0.1) is 0 Å². The second kappa shape index (κ2) is 4.92. The van der Waals surface area contributed by atoms with Gasteiger partial charge in [-0.05, 0) is 26.8 Å². The Morgan fingerprint density at radius 2 is 2.12 bits per heavy atom. The largest absolute Gasteiger partial charge is 0.462 e. The summed E-state index contributed by atoms with van der Waals surface area (Å²) in [5, 5.41) is 0. The Hall–Kier alpha value is -0.650. The number of piperidine rings is 1. The second-order valence-electron chi connectivity index (χ2n) is 5.45. The molecule has 2 aliphatic rings. The predicted octanol–water partition coefficient (Wildman–Crippen LogP) is -0.0124. The highest BCUT2D eigenvalue weighted by Crippen LogP contribution is 2.30. The molecule has 2 atom stereocenters. The zero-order valence-corrected chi connectivity index (χ0v) is 10.6. The van der Waals surface area contributed by atoms with Gasteiger partial charge in [0.1, 0.15) is 11.5 Å². The number of nitrogens with two attached hydrogens (primary N) is 1. The van der Waals surface area contributed by atoms with Gasteiger partial charge in [-0.25, -0.2) is 0 Å². The van der Waals surface area contributed by atoms with Gasteiger partial charge in [0.15, 0.2) is 0 Å². The van der Waals surface area contributed by atoms with E-state index in [1.54, 1.807) is 0 Å². The van der Waals surface area contributed by atoms with Gasteiger partial charge >= 0.3 is 5.97 Å². The van der Waals surface area contributed by atoms with Gasteiger partial charge in [0.2, 0.25) is 0 Å². The van der Waals surface area contributed by atoms with Crippen LogP contribution in [0.1, 0.15) is 19.8 Å². The molecule has 98 valence electrons. The molecule has 0 saturated carbocycles. The van der Waals surface area contributed by atoms with Gasteiger partial charge < -0.3 is 20.1 Å². The average molecular weight is 242 g/mol. The summed E-state index contributed by atoms with van der Waals surface area (Å²) in [6.07, 6.45) is 1.87. The van der Waals surface area contributed by atoms with Crippen molar-refractivity contribution >= 4 is 5.97 Å². The summed E-state index contributed by atoms with van der Waals surface area (Å²) < 4.78 is 10.8. The number of carbonyl (C=O) groups is 1. The Kier molecular flexibility index (Phi) is 3.70. The molecule has 2 N–H and O–H groups in total. The van der Waals surface area contributed by atoms with E-state index in [9.17, 15) is 4.79 Å². The molecule has 5 nitrogen and oxygen atoms in total. The lowest BCUT2D eigenvalue weighted by molar-refractivity contribution is -0.163. The summed E-state index contributed by atoms with van der Waals surface area (Å²) >= 11 is 0. The van der Waals surface area contributed by atoms with Gasteiger partial charge in [-0.3, -0.25) is 4.79 Å². The van der Waals surface area contributed by atoms with E-state index in [4.69, 9.17) is 15.2 Å². The Morgan fingerprint density at radius 3 is 2.65 bits per heavy atom. The molecular weight excluding hydrogens is 220 g/mol. The lowest BCUT2D eigenvalue weighted by Gasteiger charge is -2.32. The zero-order valence-electron chi connectivity index (χ0n) is 10.6. The van der Waals surface area contributed by atoms with Crippen LogP contribution in [-0.4, -0.2) is 56.4 Å². The van der Waals surface area contributed by atoms with Crippen LogP contribution in [0.5, 0.6) is 0 Å². The van der Waals surface area contributed by atoms with Crippen LogP contribution in [0.4, 0.5) is 0 Å². The first-order valence-electron chi connectivity index (χ1n) is 6.25. The number of ether oxygens (including phenoxy) is 2. The molecule has 0 aromatic carbocycles. The molecule has 2 unspecified atom stereocenters. The molecule has 2 aliphatic heterocycles. The Balaban J connectivity index is 1.88. The van der Waals surface area contributed by atoms with Crippen molar-refractivity contribution in [2.24, 2.45) is 11.1 Å². The summed E-state index contributed by atoms with van der Waals surface area (Å²) in [5.41, 5.74) is 5.24. The van der Waals surface area contributed by atoms with Crippen LogP contribution in [-0.2, 0) is 14.3 Å². The van der Waals surface area contributed by atoms with Crippen molar-refractivity contribution in [1.82, 2.24) is 4.90 Å². The highest BCUT2D eigenvalue weighted by molar-refractivity contribution is 5.78. The number of hydrogen-bond acceptors (Lipinski definition) is 5. The zero-order chi connectivity index (χ0) is 12.5. The van der Waals surface area contributed by atoms with E-state index < -0.39 is 5.41 Å². The summed E-state index contributed by atoms with van der Waals surface area (Å²) in [6.45, 7) is 4.62. The first-order chi connectivity index (χ1) is 8.02. The van der Waals surface area contributed by atoms with Crippen molar-refractivity contribution in [3.05, 3.63) is 0 Å². The predicted molar refractivity (Wildman–Crippen MR) is 63.5 cm³/mol. The number of likely N-dealkylation sites (tertiary alicyclic amines) is 1. The summed E-state index contributed by atoms with van der Waals surface area (Å²) in [5.74, 6) is -0.197. The van der Waals surface area contributed by atoms with Crippen LogP contribution in [0, 0.1) is 5.41 Å². The Morgan fingerprint density at radius 1 is 1.47 bits per heavy atom. The topological polar surface area (TPSA) is 64.8 Å². The van der Waals surface area contributed by atoms with Gasteiger partial charge in [-0.1, -0.05) is 0 Å². The highest BCUT2D eigenvalue weighted by Gasteiger charge is 2.46. The number of rotatable bonds is 2. The van der Waals surface area contributed by atoms with Crippen LogP contribution >= 0.6 is 0 Å². The Bertz CT molecular complexity index is 289. The van der Waals surface area contributed by atoms with Crippen LogP contribution in [0.2, 0.25) is 0 Å². The fraction of sp³-hybridized carbons (Fsp3) is 0.917. The SMILES string of the molecule is CN1CCC(OC(=O)C2(C)COCC2N)CC1. The number of esters is 1. The lowest BCUT2D eigenvalue weighted by atomic mass is 9.86. The van der Waals surface area contributed by atoms with E-state index >= 15 is 0 Å². The molecule has 0 aromatic heterocycles.